The average molecular weight is 203 g/mol. The molecule has 1 unspecified atom stereocenters. The third-order valence-electron chi connectivity index (χ3n) is 1.97. The lowest BCUT2D eigenvalue weighted by atomic mass is 10.2. The molecule has 0 saturated carbocycles. The lowest BCUT2D eigenvalue weighted by Crippen LogP contribution is -2.32. The molecule has 0 heterocycles. The maximum atomic E-state index is 11.3. The number of likely N-dealkylation sites (N-methyl/N-ethyl adjacent to an activating group) is 1. The number of methoxy groups -OCH3 is 1. The Morgan fingerprint density at radius 1 is 1.50 bits per heavy atom. The summed E-state index contributed by atoms with van der Waals surface area (Å²) in [7, 11) is 3.06. The maximum absolute atomic E-state index is 11.3. The van der Waals surface area contributed by atoms with Crippen LogP contribution in [-0.4, -0.2) is 48.7 Å². The minimum absolute atomic E-state index is 0.0252. The van der Waals surface area contributed by atoms with Crippen LogP contribution in [0.15, 0.2) is 0 Å². The number of carboxylic acids is 1. The van der Waals surface area contributed by atoms with Crippen LogP contribution in [0.3, 0.4) is 0 Å². The van der Waals surface area contributed by atoms with Gasteiger partial charge in [0.2, 0.25) is 5.91 Å². The summed E-state index contributed by atoms with van der Waals surface area (Å²) in [6, 6.07) is 0. The second-order valence-electron chi connectivity index (χ2n) is 3.23. The van der Waals surface area contributed by atoms with E-state index in [0.717, 1.165) is 0 Å². The maximum Gasteiger partial charge on any atom is 0.323 e. The van der Waals surface area contributed by atoms with Crippen LogP contribution < -0.4 is 0 Å². The van der Waals surface area contributed by atoms with Gasteiger partial charge in [-0.05, 0) is 13.3 Å². The van der Waals surface area contributed by atoms with Gasteiger partial charge >= 0.3 is 5.97 Å². The van der Waals surface area contributed by atoms with Crippen molar-refractivity contribution in [1.29, 1.82) is 0 Å². The summed E-state index contributed by atoms with van der Waals surface area (Å²) in [6.45, 7) is 1.62. The molecule has 0 aliphatic heterocycles. The van der Waals surface area contributed by atoms with Gasteiger partial charge in [0.05, 0.1) is 6.10 Å². The fraction of sp³-hybridized carbons (Fsp3) is 0.778. The van der Waals surface area contributed by atoms with E-state index in [9.17, 15) is 9.59 Å². The highest BCUT2D eigenvalue weighted by Crippen LogP contribution is 2.02. The van der Waals surface area contributed by atoms with E-state index in [1.807, 2.05) is 6.92 Å². The smallest absolute Gasteiger partial charge is 0.323 e. The van der Waals surface area contributed by atoms with Crippen molar-refractivity contribution in [1.82, 2.24) is 4.90 Å². The van der Waals surface area contributed by atoms with E-state index in [-0.39, 0.29) is 18.6 Å². The first-order chi connectivity index (χ1) is 6.47. The number of carboxylic acid groups (broad SMARTS) is 1. The van der Waals surface area contributed by atoms with E-state index >= 15 is 0 Å². The zero-order valence-electron chi connectivity index (χ0n) is 8.82. The molecule has 0 aromatic rings. The molecule has 0 aromatic carbocycles. The van der Waals surface area contributed by atoms with Crippen molar-refractivity contribution in [2.45, 2.75) is 25.9 Å². The summed E-state index contributed by atoms with van der Waals surface area (Å²) in [6.07, 6.45) is 0.954. The third-order valence-corrected chi connectivity index (χ3v) is 1.97. The topological polar surface area (TPSA) is 66.8 Å². The first kappa shape index (κ1) is 12.9. The van der Waals surface area contributed by atoms with Gasteiger partial charge in [-0.3, -0.25) is 9.59 Å². The van der Waals surface area contributed by atoms with Crippen LogP contribution in [0, 0.1) is 0 Å². The highest BCUT2D eigenvalue weighted by atomic mass is 16.5. The summed E-state index contributed by atoms with van der Waals surface area (Å²) in [5, 5.41) is 8.44. The molecule has 0 aliphatic rings. The summed E-state index contributed by atoms with van der Waals surface area (Å²) in [5.74, 6) is -1.17. The molecule has 0 spiro atoms. The van der Waals surface area contributed by atoms with Gasteiger partial charge in [0.15, 0.2) is 0 Å². The van der Waals surface area contributed by atoms with E-state index in [4.69, 9.17) is 9.84 Å². The number of nitrogens with zero attached hydrogens (tertiary/aromatic N) is 1. The minimum Gasteiger partial charge on any atom is -0.480 e. The highest BCUT2D eigenvalue weighted by Gasteiger charge is 2.12. The first-order valence-corrected chi connectivity index (χ1v) is 4.46. The molecule has 0 bridgehead atoms. The normalized spacial score (nSPS) is 12.2. The van der Waals surface area contributed by atoms with Crippen molar-refractivity contribution in [3.63, 3.8) is 0 Å². The van der Waals surface area contributed by atoms with Crippen LogP contribution >= 0.6 is 0 Å². The van der Waals surface area contributed by atoms with Crippen LogP contribution in [0.4, 0.5) is 0 Å². The molecule has 0 radical (unpaired) electrons. The largest absolute Gasteiger partial charge is 0.480 e. The van der Waals surface area contributed by atoms with E-state index in [1.165, 1.54) is 11.9 Å². The molecule has 5 nitrogen and oxygen atoms in total. The minimum atomic E-state index is -0.999. The van der Waals surface area contributed by atoms with Crippen molar-refractivity contribution in [3.8, 4) is 0 Å². The molecule has 82 valence electrons. The third kappa shape index (κ3) is 5.53. The lowest BCUT2D eigenvalue weighted by Gasteiger charge is -2.15. The highest BCUT2D eigenvalue weighted by molar-refractivity contribution is 5.80. The fourth-order valence-corrected chi connectivity index (χ4v) is 0.927. The van der Waals surface area contributed by atoms with Crippen molar-refractivity contribution in [2.75, 3.05) is 20.7 Å². The number of hydrogen-bond donors (Lipinski definition) is 1. The molecule has 0 saturated heterocycles. The quantitative estimate of drug-likeness (QED) is 0.676. The van der Waals surface area contributed by atoms with Gasteiger partial charge in [0, 0.05) is 20.6 Å². The zero-order valence-corrected chi connectivity index (χ0v) is 8.82. The summed E-state index contributed by atoms with van der Waals surface area (Å²) in [4.78, 5) is 22.8. The van der Waals surface area contributed by atoms with Gasteiger partial charge in [-0.2, -0.15) is 0 Å². The Bertz CT molecular complexity index is 205. The Hall–Kier alpha value is -1.10. The molecule has 1 amide bonds. The Kier molecular flexibility index (Phi) is 5.87. The van der Waals surface area contributed by atoms with E-state index in [2.05, 4.69) is 0 Å². The number of ether oxygens (including phenoxy) is 1. The Balaban J connectivity index is 3.78. The molecule has 0 aliphatic carbocycles. The molecule has 1 atom stereocenters. The number of carbonyl (C=O) groups is 2. The summed E-state index contributed by atoms with van der Waals surface area (Å²) >= 11 is 0. The van der Waals surface area contributed by atoms with Crippen molar-refractivity contribution >= 4 is 11.9 Å². The number of rotatable bonds is 6. The molecule has 14 heavy (non-hydrogen) atoms. The van der Waals surface area contributed by atoms with Gasteiger partial charge < -0.3 is 14.7 Å². The lowest BCUT2D eigenvalue weighted by molar-refractivity contribution is -0.143. The Labute approximate surface area is 83.6 Å². The van der Waals surface area contributed by atoms with Crippen molar-refractivity contribution in [3.05, 3.63) is 0 Å². The summed E-state index contributed by atoms with van der Waals surface area (Å²) < 4.78 is 4.97. The standard InChI is InChI=1S/C9H17NO4/c1-7(14-3)4-5-8(11)10(2)6-9(12)13/h7H,4-6H2,1-3H3,(H,12,13). The van der Waals surface area contributed by atoms with Gasteiger partial charge in [-0.1, -0.05) is 0 Å². The van der Waals surface area contributed by atoms with Crippen molar-refractivity contribution < 1.29 is 19.4 Å². The second-order valence-corrected chi connectivity index (χ2v) is 3.23. The molecule has 1 N–H and O–H groups in total. The van der Waals surface area contributed by atoms with Crippen LogP contribution in [0.1, 0.15) is 19.8 Å². The predicted molar refractivity (Wildman–Crippen MR) is 51.0 cm³/mol. The second kappa shape index (κ2) is 6.37. The van der Waals surface area contributed by atoms with E-state index < -0.39 is 5.97 Å². The summed E-state index contributed by atoms with van der Waals surface area (Å²) in [5.41, 5.74) is 0. The monoisotopic (exact) mass is 203 g/mol. The number of amides is 1. The van der Waals surface area contributed by atoms with Crippen LogP contribution in [0.2, 0.25) is 0 Å². The number of hydrogen-bond acceptors (Lipinski definition) is 3. The number of carbonyl (C=O) groups excluding carboxylic acids is 1. The molecule has 5 heteroatoms. The van der Waals surface area contributed by atoms with Gasteiger partial charge in [0.1, 0.15) is 6.54 Å². The SMILES string of the molecule is COC(C)CCC(=O)N(C)CC(=O)O. The Morgan fingerprint density at radius 2 is 2.07 bits per heavy atom. The Morgan fingerprint density at radius 3 is 2.50 bits per heavy atom. The van der Waals surface area contributed by atoms with Crippen molar-refractivity contribution in [2.24, 2.45) is 0 Å². The van der Waals surface area contributed by atoms with E-state index in [0.29, 0.717) is 12.8 Å². The first-order valence-electron chi connectivity index (χ1n) is 4.46. The van der Waals surface area contributed by atoms with Gasteiger partial charge in [-0.15, -0.1) is 0 Å². The fourth-order valence-electron chi connectivity index (χ4n) is 0.927. The van der Waals surface area contributed by atoms with Crippen LogP contribution in [0.5, 0.6) is 0 Å². The van der Waals surface area contributed by atoms with Crippen LogP contribution in [-0.2, 0) is 14.3 Å². The molecular weight excluding hydrogens is 186 g/mol. The average Bonchev–Trinajstić information content (AvgIpc) is 2.12. The molecule has 0 fully saturated rings. The molecule has 0 rings (SSSR count). The molecular formula is C9H17NO4. The number of aliphatic carboxylic acids is 1. The predicted octanol–water partition coefficient (Wildman–Crippen LogP) is 0.344. The van der Waals surface area contributed by atoms with Gasteiger partial charge in [-0.25, -0.2) is 0 Å². The molecule has 0 aromatic heterocycles. The van der Waals surface area contributed by atoms with E-state index in [1.54, 1.807) is 7.11 Å². The zero-order chi connectivity index (χ0) is 11.1. The van der Waals surface area contributed by atoms with Gasteiger partial charge in [0.25, 0.3) is 0 Å². The van der Waals surface area contributed by atoms with Crippen LogP contribution in [0.25, 0.3) is 0 Å².